The topological polar surface area (TPSA) is 89.7 Å². The minimum atomic E-state index is -3.63. The number of benzene rings is 1. The maximum Gasteiger partial charge on any atom is 0.338 e. The number of carbonyl (C=O) groups is 1. The van der Waals surface area contributed by atoms with Crippen molar-refractivity contribution in [1.29, 1.82) is 0 Å². The monoisotopic (exact) mass is 338 g/mol. The summed E-state index contributed by atoms with van der Waals surface area (Å²) in [6, 6.07) is 4.79. The second-order valence-electron chi connectivity index (χ2n) is 6.41. The Morgan fingerprint density at radius 2 is 2.04 bits per heavy atom. The van der Waals surface area contributed by atoms with Crippen LogP contribution in [-0.4, -0.2) is 44.9 Å². The van der Waals surface area contributed by atoms with E-state index in [0.29, 0.717) is 24.6 Å². The zero-order chi connectivity index (χ0) is 16.8. The van der Waals surface area contributed by atoms with Gasteiger partial charge in [-0.15, -0.1) is 0 Å². The first-order valence-electron chi connectivity index (χ1n) is 7.80. The van der Waals surface area contributed by atoms with E-state index in [0.717, 1.165) is 12.8 Å². The van der Waals surface area contributed by atoms with E-state index in [-0.39, 0.29) is 22.4 Å². The molecule has 23 heavy (non-hydrogen) atoms. The summed E-state index contributed by atoms with van der Waals surface area (Å²) in [4.78, 5) is 12.0. The van der Waals surface area contributed by atoms with Crippen molar-refractivity contribution in [3.8, 4) is 0 Å². The second-order valence-corrected chi connectivity index (χ2v) is 8.31. The van der Waals surface area contributed by atoms with Gasteiger partial charge in [0.2, 0.25) is 10.0 Å². The zero-order valence-electron chi connectivity index (χ0n) is 13.4. The first-order valence-corrected chi connectivity index (χ1v) is 9.24. The van der Waals surface area contributed by atoms with Crippen molar-refractivity contribution >= 4 is 16.0 Å². The van der Waals surface area contributed by atoms with Crippen LogP contribution < -0.4 is 5.73 Å². The van der Waals surface area contributed by atoms with Crippen LogP contribution in [0.3, 0.4) is 0 Å². The first-order chi connectivity index (χ1) is 10.9. The lowest BCUT2D eigenvalue weighted by molar-refractivity contribution is 0.0599. The lowest BCUT2D eigenvalue weighted by atomic mass is 9.98. The highest BCUT2D eigenvalue weighted by Gasteiger charge is 2.45. The van der Waals surface area contributed by atoms with Gasteiger partial charge in [0.15, 0.2) is 0 Å². The number of carbonyl (C=O) groups excluding carboxylic acids is 1. The molecule has 2 N–H and O–H groups in total. The first kappa shape index (κ1) is 16.4. The maximum absolute atomic E-state index is 13.0. The number of hydrogen-bond donors (Lipinski definition) is 1. The Labute approximate surface area is 136 Å². The third-order valence-electron chi connectivity index (χ3n) is 5.19. The summed E-state index contributed by atoms with van der Waals surface area (Å²) >= 11 is 0. The molecule has 3 atom stereocenters. The molecule has 3 rings (SSSR count). The predicted octanol–water partition coefficient (Wildman–Crippen LogP) is 1.14. The Kier molecular flexibility index (Phi) is 4.20. The molecule has 0 radical (unpaired) electrons. The average Bonchev–Trinajstić information content (AvgIpc) is 3.09. The van der Waals surface area contributed by atoms with Crippen LogP contribution in [0.2, 0.25) is 0 Å². The Morgan fingerprint density at radius 3 is 2.70 bits per heavy atom. The summed E-state index contributed by atoms with van der Waals surface area (Å²) in [7, 11) is -2.35. The lowest BCUT2D eigenvalue weighted by Gasteiger charge is -2.20. The minimum Gasteiger partial charge on any atom is -0.465 e. The van der Waals surface area contributed by atoms with E-state index in [1.165, 1.54) is 11.4 Å². The highest BCUT2D eigenvalue weighted by molar-refractivity contribution is 7.89. The fourth-order valence-corrected chi connectivity index (χ4v) is 5.61. The number of sulfonamides is 1. The molecule has 126 valence electrons. The van der Waals surface area contributed by atoms with Crippen molar-refractivity contribution in [3.05, 3.63) is 29.3 Å². The normalized spacial score (nSPS) is 27.9. The summed E-state index contributed by atoms with van der Waals surface area (Å²) in [6.07, 6.45) is 1.96. The number of methoxy groups -OCH3 is 1. The van der Waals surface area contributed by atoms with Crippen molar-refractivity contribution in [3.63, 3.8) is 0 Å². The number of ether oxygens (including phenoxy) is 1. The van der Waals surface area contributed by atoms with Gasteiger partial charge >= 0.3 is 5.97 Å². The van der Waals surface area contributed by atoms with Crippen LogP contribution >= 0.6 is 0 Å². The standard InChI is InChI=1S/C16H22N2O4S/c1-10-12(16(19)22-2)4-3-5-15(10)23(20,21)18-8-11-6-7-14(17)13(11)9-18/h3-5,11,13-14H,6-9,17H2,1-2H3. The Morgan fingerprint density at radius 1 is 1.30 bits per heavy atom. The number of hydrogen-bond acceptors (Lipinski definition) is 5. The third-order valence-corrected chi connectivity index (χ3v) is 7.16. The molecule has 0 amide bonds. The number of fused-ring (bicyclic) bond motifs is 1. The largest absolute Gasteiger partial charge is 0.465 e. The number of esters is 1. The van der Waals surface area contributed by atoms with Crippen LogP contribution in [-0.2, 0) is 14.8 Å². The third kappa shape index (κ3) is 2.66. The number of nitrogens with zero attached hydrogens (tertiary/aromatic N) is 1. The summed E-state index contributed by atoms with van der Waals surface area (Å²) in [5, 5.41) is 0. The van der Waals surface area contributed by atoms with Gasteiger partial charge in [0.25, 0.3) is 0 Å². The van der Waals surface area contributed by atoms with Gasteiger partial charge in [0.1, 0.15) is 0 Å². The molecule has 3 unspecified atom stereocenters. The molecule has 1 saturated carbocycles. The maximum atomic E-state index is 13.0. The fourth-order valence-electron chi connectivity index (χ4n) is 3.83. The van der Waals surface area contributed by atoms with Crippen molar-refractivity contribution in [2.75, 3.05) is 20.2 Å². The highest BCUT2D eigenvalue weighted by Crippen LogP contribution is 2.39. The molecule has 1 aliphatic heterocycles. The molecular weight excluding hydrogens is 316 g/mol. The molecular formula is C16H22N2O4S. The quantitative estimate of drug-likeness (QED) is 0.835. The van der Waals surface area contributed by atoms with E-state index in [1.54, 1.807) is 25.1 Å². The van der Waals surface area contributed by atoms with E-state index in [2.05, 4.69) is 0 Å². The second kappa shape index (κ2) is 5.89. The van der Waals surface area contributed by atoms with Gasteiger partial charge in [-0.05, 0) is 49.3 Å². The average molecular weight is 338 g/mol. The van der Waals surface area contributed by atoms with Gasteiger partial charge in [-0.25, -0.2) is 13.2 Å². The van der Waals surface area contributed by atoms with Crippen molar-refractivity contribution in [2.24, 2.45) is 17.6 Å². The molecule has 0 bridgehead atoms. The van der Waals surface area contributed by atoms with Gasteiger partial charge in [-0.3, -0.25) is 0 Å². The summed E-state index contributed by atoms with van der Waals surface area (Å²) in [6.45, 7) is 2.63. The summed E-state index contributed by atoms with van der Waals surface area (Å²) in [5.74, 6) is 0.0672. The Hall–Kier alpha value is -1.44. The SMILES string of the molecule is COC(=O)c1cccc(S(=O)(=O)N2CC3CCC(N)C3C2)c1C. The molecule has 1 aromatic carbocycles. The van der Waals surface area contributed by atoms with Gasteiger partial charge < -0.3 is 10.5 Å². The molecule has 2 aliphatic rings. The molecule has 0 aromatic heterocycles. The Balaban J connectivity index is 1.94. The van der Waals surface area contributed by atoms with Gasteiger partial charge in [-0.2, -0.15) is 4.31 Å². The lowest BCUT2D eigenvalue weighted by Crippen LogP contribution is -2.34. The van der Waals surface area contributed by atoms with Crippen LogP contribution in [0.5, 0.6) is 0 Å². The highest BCUT2D eigenvalue weighted by atomic mass is 32.2. The van der Waals surface area contributed by atoms with Crippen LogP contribution in [0, 0.1) is 18.8 Å². The van der Waals surface area contributed by atoms with E-state index in [1.807, 2.05) is 0 Å². The van der Waals surface area contributed by atoms with E-state index >= 15 is 0 Å². The van der Waals surface area contributed by atoms with E-state index < -0.39 is 16.0 Å². The summed E-state index contributed by atoms with van der Waals surface area (Å²) < 4.78 is 32.2. The molecule has 2 fully saturated rings. The zero-order valence-corrected chi connectivity index (χ0v) is 14.2. The van der Waals surface area contributed by atoms with Crippen LogP contribution in [0.4, 0.5) is 0 Å². The molecule has 1 aromatic rings. The van der Waals surface area contributed by atoms with Crippen molar-refractivity contribution < 1.29 is 17.9 Å². The van der Waals surface area contributed by atoms with E-state index in [9.17, 15) is 13.2 Å². The van der Waals surface area contributed by atoms with Crippen molar-refractivity contribution in [1.82, 2.24) is 4.31 Å². The summed E-state index contributed by atoms with van der Waals surface area (Å²) in [5.41, 5.74) is 6.81. The van der Waals surface area contributed by atoms with Crippen LogP contribution in [0.1, 0.15) is 28.8 Å². The molecule has 6 nitrogen and oxygen atoms in total. The molecule has 0 spiro atoms. The predicted molar refractivity (Wildman–Crippen MR) is 85.5 cm³/mol. The molecule has 1 aliphatic carbocycles. The van der Waals surface area contributed by atoms with Crippen LogP contribution in [0.15, 0.2) is 23.1 Å². The van der Waals surface area contributed by atoms with Gasteiger partial charge in [0, 0.05) is 19.1 Å². The van der Waals surface area contributed by atoms with Crippen LogP contribution in [0.25, 0.3) is 0 Å². The number of nitrogens with two attached hydrogens (primary N) is 1. The number of rotatable bonds is 3. The Bertz CT molecular complexity index is 732. The van der Waals surface area contributed by atoms with Crippen molar-refractivity contribution in [2.45, 2.75) is 30.7 Å². The fraction of sp³-hybridized carbons (Fsp3) is 0.562. The van der Waals surface area contributed by atoms with Gasteiger partial charge in [0.05, 0.1) is 17.6 Å². The van der Waals surface area contributed by atoms with Gasteiger partial charge in [-0.1, -0.05) is 6.07 Å². The molecule has 1 saturated heterocycles. The van der Waals surface area contributed by atoms with E-state index in [4.69, 9.17) is 10.5 Å². The molecule has 1 heterocycles. The minimum absolute atomic E-state index is 0.0858. The molecule has 7 heteroatoms. The smallest absolute Gasteiger partial charge is 0.338 e.